The van der Waals surface area contributed by atoms with E-state index in [-0.39, 0.29) is 5.57 Å². The van der Waals surface area contributed by atoms with Crippen LogP contribution in [0.1, 0.15) is 37.3 Å². The van der Waals surface area contributed by atoms with Gasteiger partial charge in [-0.15, -0.1) is 0 Å². The van der Waals surface area contributed by atoms with Crippen LogP contribution in [-0.2, 0) is 16.1 Å². The van der Waals surface area contributed by atoms with Gasteiger partial charge >= 0.3 is 6.03 Å². The third-order valence-electron chi connectivity index (χ3n) is 6.90. The molecule has 5 rings (SSSR count). The molecule has 1 atom stereocenters. The van der Waals surface area contributed by atoms with E-state index in [0.29, 0.717) is 30.3 Å². The van der Waals surface area contributed by atoms with Crippen LogP contribution >= 0.6 is 0 Å². The molecule has 0 radical (unpaired) electrons. The van der Waals surface area contributed by atoms with Crippen LogP contribution in [0, 0.1) is 0 Å². The molecular formula is C31H29N3O4. The number of nitrogens with one attached hydrogen (secondary N) is 1. The Morgan fingerprint density at radius 1 is 0.921 bits per heavy atom. The highest BCUT2D eigenvalue weighted by molar-refractivity contribution is 6.39. The Morgan fingerprint density at radius 3 is 2.37 bits per heavy atom. The zero-order valence-electron chi connectivity index (χ0n) is 21.4. The van der Waals surface area contributed by atoms with E-state index in [9.17, 15) is 14.4 Å². The molecule has 1 aliphatic rings. The van der Waals surface area contributed by atoms with Crippen molar-refractivity contribution in [2.75, 3.05) is 11.5 Å². The van der Waals surface area contributed by atoms with Gasteiger partial charge in [0.2, 0.25) is 0 Å². The zero-order valence-corrected chi connectivity index (χ0v) is 21.4. The number of imide groups is 2. The summed E-state index contributed by atoms with van der Waals surface area (Å²) in [4.78, 5) is 39.9. The quantitative estimate of drug-likeness (QED) is 0.238. The van der Waals surface area contributed by atoms with E-state index in [2.05, 4.69) is 19.2 Å². The van der Waals surface area contributed by atoms with Gasteiger partial charge in [-0.25, -0.2) is 9.69 Å². The Balaban J connectivity index is 1.43. The highest BCUT2D eigenvalue weighted by atomic mass is 16.5. The van der Waals surface area contributed by atoms with Crippen molar-refractivity contribution in [3.63, 3.8) is 0 Å². The minimum Gasteiger partial charge on any atom is -0.492 e. The van der Waals surface area contributed by atoms with Crippen molar-refractivity contribution in [2.24, 2.45) is 0 Å². The zero-order chi connectivity index (χ0) is 26.6. The molecule has 38 heavy (non-hydrogen) atoms. The first-order valence-corrected chi connectivity index (χ1v) is 12.7. The van der Waals surface area contributed by atoms with Crippen LogP contribution in [0.25, 0.3) is 17.0 Å². The largest absolute Gasteiger partial charge is 0.492 e. The van der Waals surface area contributed by atoms with E-state index < -0.39 is 17.8 Å². The first-order chi connectivity index (χ1) is 18.5. The average molecular weight is 508 g/mol. The van der Waals surface area contributed by atoms with E-state index in [1.165, 1.54) is 0 Å². The SMILES string of the molecule is CC[C@@H](C)c1ccc(N2C(=O)NC(=O)/C(=C/c3cn(CCOc4ccccc4)c4ccccc34)C2=O)cc1. The van der Waals surface area contributed by atoms with Crippen LogP contribution in [0.2, 0.25) is 0 Å². The van der Waals surface area contributed by atoms with Crippen molar-refractivity contribution in [3.8, 4) is 5.75 Å². The fraction of sp³-hybridized carbons (Fsp3) is 0.194. The van der Waals surface area contributed by atoms with E-state index in [1.807, 2.05) is 77.5 Å². The van der Waals surface area contributed by atoms with E-state index in [1.54, 1.807) is 18.2 Å². The first-order valence-electron chi connectivity index (χ1n) is 12.7. The van der Waals surface area contributed by atoms with Gasteiger partial charge in [-0.1, -0.05) is 62.4 Å². The van der Waals surface area contributed by atoms with Crippen molar-refractivity contribution in [3.05, 3.63) is 102 Å². The number of hydrogen-bond donors (Lipinski definition) is 1. The number of fused-ring (bicyclic) bond motifs is 1. The molecule has 1 saturated heterocycles. The third kappa shape index (κ3) is 4.95. The minimum absolute atomic E-state index is 0.0981. The molecule has 1 aliphatic heterocycles. The van der Waals surface area contributed by atoms with Gasteiger partial charge in [-0.3, -0.25) is 14.9 Å². The number of para-hydroxylation sites is 2. The molecule has 0 saturated carbocycles. The lowest BCUT2D eigenvalue weighted by atomic mass is 9.98. The smallest absolute Gasteiger partial charge is 0.335 e. The summed E-state index contributed by atoms with van der Waals surface area (Å²) in [5, 5.41) is 3.21. The van der Waals surface area contributed by atoms with Gasteiger partial charge in [-0.05, 0) is 54.3 Å². The number of carbonyl (C=O) groups excluding carboxylic acids is 3. The lowest BCUT2D eigenvalue weighted by Crippen LogP contribution is -2.54. The predicted octanol–water partition coefficient (Wildman–Crippen LogP) is 5.90. The van der Waals surface area contributed by atoms with Gasteiger partial charge in [0.15, 0.2) is 0 Å². The monoisotopic (exact) mass is 507 g/mol. The highest BCUT2D eigenvalue weighted by Crippen LogP contribution is 2.28. The minimum atomic E-state index is -0.756. The van der Waals surface area contributed by atoms with Crippen molar-refractivity contribution in [1.82, 2.24) is 9.88 Å². The van der Waals surface area contributed by atoms with Gasteiger partial charge < -0.3 is 9.30 Å². The normalized spacial score (nSPS) is 15.7. The van der Waals surface area contributed by atoms with Crippen molar-refractivity contribution < 1.29 is 19.1 Å². The fourth-order valence-corrected chi connectivity index (χ4v) is 4.59. The van der Waals surface area contributed by atoms with E-state index >= 15 is 0 Å². The van der Waals surface area contributed by atoms with Crippen LogP contribution in [-0.4, -0.2) is 29.0 Å². The molecular weight excluding hydrogens is 478 g/mol. The van der Waals surface area contributed by atoms with Gasteiger partial charge in [0, 0.05) is 22.7 Å². The second-order valence-electron chi connectivity index (χ2n) is 9.32. The van der Waals surface area contributed by atoms with Crippen LogP contribution in [0.15, 0.2) is 90.6 Å². The fourth-order valence-electron chi connectivity index (χ4n) is 4.59. The van der Waals surface area contributed by atoms with Gasteiger partial charge in [-0.2, -0.15) is 0 Å². The van der Waals surface area contributed by atoms with Crippen LogP contribution in [0.5, 0.6) is 5.75 Å². The number of urea groups is 1. The molecule has 1 N–H and O–H groups in total. The summed E-state index contributed by atoms with van der Waals surface area (Å²) in [6, 6.07) is 23.9. The number of benzene rings is 3. The van der Waals surface area contributed by atoms with Crippen LogP contribution in [0.4, 0.5) is 10.5 Å². The second-order valence-corrected chi connectivity index (χ2v) is 9.32. The topological polar surface area (TPSA) is 80.6 Å². The molecule has 192 valence electrons. The number of ether oxygens (including phenoxy) is 1. The average Bonchev–Trinajstić information content (AvgIpc) is 3.28. The van der Waals surface area contributed by atoms with Crippen LogP contribution in [0.3, 0.4) is 0 Å². The lowest BCUT2D eigenvalue weighted by molar-refractivity contribution is -0.122. The standard InChI is InChI=1S/C31H29N3O4/c1-3-21(2)22-13-15-24(16-14-22)34-30(36)27(29(35)32-31(34)37)19-23-20-33(28-12-8-7-11-26(23)28)17-18-38-25-9-5-4-6-10-25/h4-16,19-21H,3,17-18H2,1-2H3,(H,32,35,37)/b27-19-/t21-/m1/s1. The number of barbiturate groups is 1. The van der Waals surface area contributed by atoms with Gasteiger partial charge in [0.1, 0.15) is 17.9 Å². The molecule has 2 heterocycles. The number of carbonyl (C=O) groups is 3. The van der Waals surface area contributed by atoms with Crippen molar-refractivity contribution >= 4 is 40.5 Å². The Kier molecular flexibility index (Phi) is 7.09. The molecule has 0 bridgehead atoms. The summed E-state index contributed by atoms with van der Waals surface area (Å²) < 4.78 is 7.89. The number of nitrogens with zero attached hydrogens (tertiary/aromatic N) is 2. The summed E-state index contributed by atoms with van der Waals surface area (Å²) in [5.41, 5.74) is 3.10. The first kappa shape index (κ1) is 25.0. The number of rotatable bonds is 8. The van der Waals surface area contributed by atoms with Crippen molar-refractivity contribution in [1.29, 1.82) is 0 Å². The third-order valence-corrected chi connectivity index (χ3v) is 6.90. The number of amides is 4. The summed E-state index contributed by atoms with van der Waals surface area (Å²) in [6.45, 7) is 5.26. The second kappa shape index (κ2) is 10.8. The molecule has 7 heteroatoms. The maximum atomic E-state index is 13.4. The maximum Gasteiger partial charge on any atom is 0.335 e. The number of aromatic nitrogens is 1. The Labute approximate surface area is 221 Å². The Morgan fingerprint density at radius 2 is 1.63 bits per heavy atom. The lowest BCUT2D eigenvalue weighted by Gasteiger charge is -2.26. The van der Waals surface area contributed by atoms with E-state index in [4.69, 9.17) is 4.74 Å². The van der Waals surface area contributed by atoms with Crippen LogP contribution < -0.4 is 15.0 Å². The summed E-state index contributed by atoms with van der Waals surface area (Å²) in [5.74, 6) is -0.212. The molecule has 1 aromatic heterocycles. The maximum absolute atomic E-state index is 13.4. The summed E-state index contributed by atoms with van der Waals surface area (Å²) >= 11 is 0. The van der Waals surface area contributed by atoms with Gasteiger partial charge in [0.05, 0.1) is 12.2 Å². The van der Waals surface area contributed by atoms with Gasteiger partial charge in [0.25, 0.3) is 11.8 Å². The molecule has 0 aliphatic carbocycles. The molecule has 0 spiro atoms. The number of hydrogen-bond acceptors (Lipinski definition) is 4. The summed E-state index contributed by atoms with van der Waals surface area (Å²) in [7, 11) is 0. The molecule has 0 unspecified atom stereocenters. The predicted molar refractivity (Wildman–Crippen MR) is 148 cm³/mol. The molecule has 3 aromatic carbocycles. The Hall–Kier alpha value is -4.65. The molecule has 7 nitrogen and oxygen atoms in total. The number of anilines is 1. The van der Waals surface area contributed by atoms with E-state index in [0.717, 1.165) is 33.5 Å². The molecule has 1 fully saturated rings. The molecule has 4 amide bonds. The Bertz CT molecular complexity index is 1520. The molecule has 4 aromatic rings. The summed E-state index contributed by atoms with van der Waals surface area (Å²) in [6.07, 6.45) is 4.44. The van der Waals surface area contributed by atoms with Crippen molar-refractivity contribution in [2.45, 2.75) is 32.7 Å². The highest BCUT2D eigenvalue weighted by Gasteiger charge is 2.37.